The number of nitrogens with zero attached hydrogens (tertiary/aromatic N) is 2. The van der Waals surface area contributed by atoms with Crippen LogP contribution in [-0.4, -0.2) is 61.5 Å². The molecule has 204 valence electrons. The van der Waals surface area contributed by atoms with Gasteiger partial charge in [0.2, 0.25) is 15.9 Å². The fourth-order valence-corrected chi connectivity index (χ4v) is 7.25. The fraction of sp³-hybridized carbons (Fsp3) is 0.517. The number of aromatic nitrogens is 2. The Morgan fingerprint density at radius 3 is 2.47 bits per heavy atom. The molecule has 2 N–H and O–H groups in total. The number of amides is 1. The minimum Gasteiger partial charge on any atom is -0.383 e. The molecule has 5 rings (SSSR count). The van der Waals surface area contributed by atoms with E-state index in [9.17, 15) is 13.2 Å². The lowest BCUT2D eigenvalue weighted by molar-refractivity contribution is -0.140. The monoisotopic (exact) mass is 538 g/mol. The van der Waals surface area contributed by atoms with Crippen molar-refractivity contribution in [2.75, 3.05) is 20.3 Å². The summed E-state index contributed by atoms with van der Waals surface area (Å²) in [4.78, 5) is 23.6. The summed E-state index contributed by atoms with van der Waals surface area (Å²) in [5.41, 5.74) is 2.35. The van der Waals surface area contributed by atoms with E-state index in [1.165, 1.54) is 19.3 Å². The zero-order chi connectivity index (χ0) is 26.5. The Labute approximate surface area is 225 Å². The molecule has 0 radical (unpaired) electrons. The quantitative estimate of drug-likeness (QED) is 0.404. The van der Waals surface area contributed by atoms with E-state index in [1.54, 1.807) is 25.3 Å². The zero-order valence-corrected chi connectivity index (χ0v) is 22.9. The molecule has 2 saturated carbocycles. The normalized spacial score (nSPS) is 21.0. The molecule has 0 saturated heterocycles. The van der Waals surface area contributed by atoms with Crippen LogP contribution in [0.3, 0.4) is 0 Å². The lowest BCUT2D eigenvalue weighted by Crippen LogP contribution is -2.47. The molecule has 1 amide bonds. The van der Waals surface area contributed by atoms with Crippen LogP contribution in [-0.2, 0) is 19.6 Å². The molecule has 8 nitrogen and oxygen atoms in total. The standard InChI is InChI=1S/C29H38N4O4S/c1-37-19-18-33(24-10-6-3-7-11-24)29(34)22-12-14-23(15-13-22)32-38(35,36)25-16-17-26-27(20-25)31-28(30-26)21-8-4-2-5-9-21/h2,4-5,8-9,16-17,20,22-24,32H,3,6-7,10-15,18-19H2,1H3,(H,30,31). The predicted octanol–water partition coefficient (Wildman–Crippen LogP) is 4.87. The summed E-state index contributed by atoms with van der Waals surface area (Å²) in [6.45, 7) is 1.18. The first kappa shape index (κ1) is 26.8. The van der Waals surface area contributed by atoms with Crippen LogP contribution in [0.4, 0.5) is 0 Å². The number of ether oxygens (including phenoxy) is 1. The third-order valence-corrected chi connectivity index (χ3v) is 9.56. The van der Waals surface area contributed by atoms with Gasteiger partial charge in [-0.05, 0) is 56.7 Å². The molecule has 1 heterocycles. The molecule has 1 aromatic heterocycles. The second-order valence-corrected chi connectivity index (χ2v) is 12.3. The van der Waals surface area contributed by atoms with E-state index in [4.69, 9.17) is 4.74 Å². The van der Waals surface area contributed by atoms with Gasteiger partial charge in [0.05, 0.1) is 22.5 Å². The Morgan fingerprint density at radius 2 is 1.76 bits per heavy atom. The first-order valence-electron chi connectivity index (χ1n) is 13.8. The van der Waals surface area contributed by atoms with Gasteiger partial charge in [-0.3, -0.25) is 4.79 Å². The van der Waals surface area contributed by atoms with Gasteiger partial charge in [-0.25, -0.2) is 18.1 Å². The average Bonchev–Trinajstić information content (AvgIpc) is 3.38. The first-order valence-corrected chi connectivity index (χ1v) is 15.3. The van der Waals surface area contributed by atoms with E-state index in [0.717, 1.165) is 23.9 Å². The minimum absolute atomic E-state index is 0.0497. The molecule has 38 heavy (non-hydrogen) atoms. The molecule has 0 atom stereocenters. The van der Waals surface area contributed by atoms with Crippen LogP contribution in [0.25, 0.3) is 22.4 Å². The minimum atomic E-state index is -3.71. The maximum Gasteiger partial charge on any atom is 0.240 e. The van der Waals surface area contributed by atoms with Crippen molar-refractivity contribution < 1.29 is 17.9 Å². The topological polar surface area (TPSA) is 104 Å². The number of imidazole rings is 1. The number of sulfonamides is 1. The lowest BCUT2D eigenvalue weighted by atomic mass is 9.84. The molecule has 3 aromatic rings. The predicted molar refractivity (Wildman–Crippen MR) is 148 cm³/mol. The van der Waals surface area contributed by atoms with Gasteiger partial charge in [-0.2, -0.15) is 0 Å². The van der Waals surface area contributed by atoms with Crippen molar-refractivity contribution in [1.29, 1.82) is 0 Å². The van der Waals surface area contributed by atoms with Gasteiger partial charge in [-0.1, -0.05) is 49.6 Å². The maximum atomic E-state index is 13.5. The van der Waals surface area contributed by atoms with E-state index in [2.05, 4.69) is 19.6 Å². The largest absolute Gasteiger partial charge is 0.383 e. The average molecular weight is 539 g/mol. The number of carbonyl (C=O) groups excluding carboxylic acids is 1. The Morgan fingerprint density at radius 1 is 1.03 bits per heavy atom. The van der Waals surface area contributed by atoms with Crippen LogP contribution in [0.1, 0.15) is 57.8 Å². The SMILES string of the molecule is COCCN(C(=O)C1CCC(NS(=O)(=O)c2ccc3[nH]c(-c4ccccc4)nc3c2)CC1)C1CCCCC1. The third-order valence-electron chi connectivity index (χ3n) is 8.05. The third kappa shape index (κ3) is 6.11. The molecule has 0 spiro atoms. The summed E-state index contributed by atoms with van der Waals surface area (Å²) in [7, 11) is -2.03. The van der Waals surface area contributed by atoms with Gasteiger partial charge in [0.1, 0.15) is 5.82 Å². The molecular weight excluding hydrogens is 500 g/mol. The first-order chi connectivity index (χ1) is 18.4. The summed E-state index contributed by atoms with van der Waals surface area (Å²) in [6.07, 6.45) is 8.43. The molecule has 0 unspecified atom stereocenters. The van der Waals surface area contributed by atoms with Crippen LogP contribution in [0.2, 0.25) is 0 Å². The fourth-order valence-electron chi connectivity index (χ4n) is 5.92. The Hall–Kier alpha value is -2.75. The van der Waals surface area contributed by atoms with Crippen LogP contribution >= 0.6 is 0 Å². The molecule has 2 aliphatic carbocycles. The summed E-state index contributed by atoms with van der Waals surface area (Å²) in [5.74, 6) is 0.874. The smallest absolute Gasteiger partial charge is 0.240 e. The summed E-state index contributed by atoms with van der Waals surface area (Å²) >= 11 is 0. The molecule has 0 bridgehead atoms. The molecule has 2 aromatic carbocycles. The van der Waals surface area contributed by atoms with E-state index in [0.29, 0.717) is 56.2 Å². The van der Waals surface area contributed by atoms with Gasteiger partial charge in [-0.15, -0.1) is 0 Å². The number of benzene rings is 2. The molecule has 9 heteroatoms. The van der Waals surface area contributed by atoms with Crippen molar-refractivity contribution in [2.45, 2.75) is 74.8 Å². The highest BCUT2D eigenvalue weighted by atomic mass is 32.2. The van der Waals surface area contributed by atoms with Gasteiger partial charge in [0.15, 0.2) is 0 Å². The number of rotatable bonds is 9. The van der Waals surface area contributed by atoms with E-state index in [1.807, 2.05) is 30.3 Å². The van der Waals surface area contributed by atoms with Crippen molar-refractivity contribution in [3.8, 4) is 11.4 Å². The maximum absolute atomic E-state index is 13.5. The van der Waals surface area contributed by atoms with Crippen molar-refractivity contribution >= 4 is 27.0 Å². The lowest BCUT2D eigenvalue weighted by Gasteiger charge is -2.38. The van der Waals surface area contributed by atoms with Crippen LogP contribution in [0.15, 0.2) is 53.4 Å². The molecule has 2 fully saturated rings. The van der Waals surface area contributed by atoms with E-state index in [-0.39, 0.29) is 22.8 Å². The Kier molecular flexibility index (Phi) is 8.45. The molecule has 0 aliphatic heterocycles. The van der Waals surface area contributed by atoms with E-state index >= 15 is 0 Å². The summed E-state index contributed by atoms with van der Waals surface area (Å²) in [6, 6.07) is 14.9. The van der Waals surface area contributed by atoms with Crippen molar-refractivity contribution in [3.05, 3.63) is 48.5 Å². The van der Waals surface area contributed by atoms with Gasteiger partial charge in [0.25, 0.3) is 0 Å². The Bertz CT molecular complexity index is 1330. The highest BCUT2D eigenvalue weighted by Crippen LogP contribution is 2.31. The van der Waals surface area contributed by atoms with Crippen LogP contribution < -0.4 is 4.72 Å². The number of aromatic amines is 1. The van der Waals surface area contributed by atoms with Crippen LogP contribution in [0, 0.1) is 5.92 Å². The molecular formula is C29H38N4O4S. The zero-order valence-electron chi connectivity index (χ0n) is 22.1. The number of carbonyl (C=O) groups is 1. The van der Waals surface area contributed by atoms with Crippen molar-refractivity contribution in [2.24, 2.45) is 5.92 Å². The summed E-state index contributed by atoms with van der Waals surface area (Å²) < 4.78 is 34.6. The molecule has 2 aliphatic rings. The van der Waals surface area contributed by atoms with Gasteiger partial charge < -0.3 is 14.6 Å². The number of methoxy groups -OCH3 is 1. The number of hydrogen-bond donors (Lipinski definition) is 2. The second kappa shape index (κ2) is 12.0. The number of nitrogens with one attached hydrogen (secondary N) is 2. The van der Waals surface area contributed by atoms with E-state index < -0.39 is 10.0 Å². The summed E-state index contributed by atoms with van der Waals surface area (Å²) in [5, 5.41) is 0. The van der Waals surface area contributed by atoms with Gasteiger partial charge in [0, 0.05) is 37.2 Å². The number of fused-ring (bicyclic) bond motifs is 1. The number of hydrogen-bond acceptors (Lipinski definition) is 5. The highest BCUT2D eigenvalue weighted by molar-refractivity contribution is 7.89. The van der Waals surface area contributed by atoms with Crippen molar-refractivity contribution in [1.82, 2.24) is 19.6 Å². The van der Waals surface area contributed by atoms with Crippen molar-refractivity contribution in [3.63, 3.8) is 0 Å². The number of H-pyrrole nitrogens is 1. The highest BCUT2D eigenvalue weighted by Gasteiger charge is 2.34. The Balaban J connectivity index is 1.21. The second-order valence-electron chi connectivity index (χ2n) is 10.6. The van der Waals surface area contributed by atoms with Gasteiger partial charge >= 0.3 is 0 Å². The van der Waals surface area contributed by atoms with Crippen LogP contribution in [0.5, 0.6) is 0 Å².